The van der Waals surface area contributed by atoms with E-state index >= 15 is 0 Å². The minimum absolute atomic E-state index is 0.135. The highest BCUT2D eigenvalue weighted by molar-refractivity contribution is 5.69. The van der Waals surface area contributed by atoms with Crippen molar-refractivity contribution in [2.45, 2.75) is 33.6 Å². The van der Waals surface area contributed by atoms with Crippen molar-refractivity contribution >= 4 is 5.97 Å². The Labute approximate surface area is 93.0 Å². The zero-order valence-corrected chi connectivity index (χ0v) is 10.2. The second kappa shape index (κ2) is 7.27. The first-order chi connectivity index (χ1) is 6.97. The second-order valence-electron chi connectivity index (χ2n) is 4.23. The van der Waals surface area contributed by atoms with E-state index in [0.29, 0.717) is 18.3 Å². The molecule has 86 valence electrons. The quantitative estimate of drug-likeness (QED) is 0.496. The first-order valence-electron chi connectivity index (χ1n) is 5.38. The standard InChI is InChI=1S/C13H22O2/c1-10(2)6-7-12(11(3)4)8-9-13(14)15-5/h6-7,11-12H,1,8-9H2,2-5H3. The van der Waals surface area contributed by atoms with Crippen LogP contribution in [0.25, 0.3) is 0 Å². The third-order valence-electron chi connectivity index (χ3n) is 2.39. The van der Waals surface area contributed by atoms with Crippen LogP contribution in [0.5, 0.6) is 0 Å². The fraction of sp³-hybridized carbons (Fsp3) is 0.615. The lowest BCUT2D eigenvalue weighted by molar-refractivity contribution is -0.140. The van der Waals surface area contributed by atoms with Gasteiger partial charge in [0.25, 0.3) is 0 Å². The lowest BCUT2D eigenvalue weighted by atomic mass is 9.90. The summed E-state index contributed by atoms with van der Waals surface area (Å²) >= 11 is 0. The van der Waals surface area contributed by atoms with Gasteiger partial charge in [0.2, 0.25) is 0 Å². The lowest BCUT2D eigenvalue weighted by Crippen LogP contribution is -2.09. The molecule has 0 aromatic carbocycles. The van der Waals surface area contributed by atoms with Gasteiger partial charge in [-0.2, -0.15) is 0 Å². The first-order valence-corrected chi connectivity index (χ1v) is 5.38. The fourth-order valence-electron chi connectivity index (χ4n) is 1.33. The minimum Gasteiger partial charge on any atom is -0.469 e. The molecule has 0 saturated carbocycles. The maximum absolute atomic E-state index is 11.0. The molecule has 2 nitrogen and oxygen atoms in total. The van der Waals surface area contributed by atoms with Gasteiger partial charge in [0.15, 0.2) is 0 Å². The van der Waals surface area contributed by atoms with E-state index in [1.165, 1.54) is 7.11 Å². The third kappa shape index (κ3) is 6.95. The van der Waals surface area contributed by atoms with Crippen LogP contribution in [0.4, 0.5) is 0 Å². The van der Waals surface area contributed by atoms with E-state index in [2.05, 4.69) is 31.2 Å². The summed E-state index contributed by atoms with van der Waals surface area (Å²) in [5.74, 6) is 0.815. The van der Waals surface area contributed by atoms with Crippen LogP contribution in [-0.2, 0) is 9.53 Å². The van der Waals surface area contributed by atoms with E-state index in [9.17, 15) is 4.79 Å². The molecule has 0 saturated heterocycles. The smallest absolute Gasteiger partial charge is 0.305 e. The molecule has 0 aliphatic heterocycles. The van der Waals surface area contributed by atoms with Crippen LogP contribution in [0.1, 0.15) is 33.6 Å². The average molecular weight is 210 g/mol. The molecule has 15 heavy (non-hydrogen) atoms. The average Bonchev–Trinajstić information content (AvgIpc) is 2.16. The van der Waals surface area contributed by atoms with Crippen molar-refractivity contribution < 1.29 is 9.53 Å². The molecule has 1 atom stereocenters. The molecule has 0 radical (unpaired) electrons. The van der Waals surface area contributed by atoms with Crippen LogP contribution in [-0.4, -0.2) is 13.1 Å². The number of allylic oxidation sites excluding steroid dienone is 3. The topological polar surface area (TPSA) is 26.3 Å². The number of esters is 1. The van der Waals surface area contributed by atoms with Gasteiger partial charge in [-0.3, -0.25) is 4.79 Å². The maximum Gasteiger partial charge on any atom is 0.305 e. The number of carbonyl (C=O) groups is 1. The summed E-state index contributed by atoms with van der Waals surface area (Å²) < 4.78 is 4.63. The van der Waals surface area contributed by atoms with Crippen LogP contribution in [0, 0.1) is 11.8 Å². The fourth-order valence-corrected chi connectivity index (χ4v) is 1.33. The van der Waals surface area contributed by atoms with Crippen molar-refractivity contribution in [2.24, 2.45) is 11.8 Å². The van der Waals surface area contributed by atoms with E-state index in [0.717, 1.165) is 12.0 Å². The summed E-state index contributed by atoms with van der Waals surface area (Å²) in [5.41, 5.74) is 1.04. The highest BCUT2D eigenvalue weighted by Crippen LogP contribution is 2.19. The molecular weight excluding hydrogens is 188 g/mol. The number of rotatable bonds is 6. The number of hydrogen-bond donors (Lipinski definition) is 0. The van der Waals surface area contributed by atoms with E-state index in [-0.39, 0.29) is 5.97 Å². The van der Waals surface area contributed by atoms with Crippen LogP contribution < -0.4 is 0 Å². The van der Waals surface area contributed by atoms with Gasteiger partial charge in [-0.15, -0.1) is 0 Å². The highest BCUT2D eigenvalue weighted by Gasteiger charge is 2.12. The molecule has 0 fully saturated rings. The van der Waals surface area contributed by atoms with E-state index in [1.807, 2.05) is 13.0 Å². The van der Waals surface area contributed by atoms with Gasteiger partial charge in [0.1, 0.15) is 0 Å². The molecule has 0 amide bonds. The molecule has 0 aromatic rings. The molecule has 0 aliphatic rings. The molecule has 0 spiro atoms. The normalized spacial score (nSPS) is 13.1. The first kappa shape index (κ1) is 13.9. The van der Waals surface area contributed by atoms with Gasteiger partial charge in [-0.05, 0) is 25.2 Å². The van der Waals surface area contributed by atoms with Crippen molar-refractivity contribution in [3.05, 3.63) is 24.3 Å². The van der Waals surface area contributed by atoms with Gasteiger partial charge < -0.3 is 4.74 Å². The van der Waals surface area contributed by atoms with Gasteiger partial charge in [-0.25, -0.2) is 0 Å². The Balaban J connectivity index is 4.17. The van der Waals surface area contributed by atoms with Crippen molar-refractivity contribution in [3.63, 3.8) is 0 Å². The minimum atomic E-state index is -0.135. The summed E-state index contributed by atoms with van der Waals surface area (Å²) in [7, 11) is 1.43. The summed E-state index contributed by atoms with van der Waals surface area (Å²) in [6, 6.07) is 0. The van der Waals surface area contributed by atoms with Crippen molar-refractivity contribution in [1.82, 2.24) is 0 Å². The van der Waals surface area contributed by atoms with Crippen molar-refractivity contribution in [2.75, 3.05) is 7.11 Å². The Morgan fingerprint density at radius 2 is 2.07 bits per heavy atom. The molecule has 1 unspecified atom stereocenters. The predicted octanol–water partition coefficient (Wildman–Crippen LogP) is 3.34. The SMILES string of the molecule is C=C(C)C=CC(CCC(=O)OC)C(C)C. The molecular formula is C13H22O2. The molecule has 0 rings (SSSR count). The van der Waals surface area contributed by atoms with Crippen LogP contribution in [0.3, 0.4) is 0 Å². The van der Waals surface area contributed by atoms with E-state index in [1.54, 1.807) is 0 Å². The summed E-state index contributed by atoms with van der Waals surface area (Å²) in [6.07, 6.45) is 5.48. The predicted molar refractivity (Wildman–Crippen MR) is 63.5 cm³/mol. The second-order valence-corrected chi connectivity index (χ2v) is 4.23. The largest absolute Gasteiger partial charge is 0.469 e. The van der Waals surface area contributed by atoms with Gasteiger partial charge in [0.05, 0.1) is 7.11 Å². The number of ether oxygens (including phenoxy) is 1. The van der Waals surface area contributed by atoms with E-state index < -0.39 is 0 Å². The molecule has 2 heteroatoms. The maximum atomic E-state index is 11.0. The van der Waals surface area contributed by atoms with Gasteiger partial charge >= 0.3 is 5.97 Å². The summed E-state index contributed by atoms with van der Waals surface area (Å²) in [4.78, 5) is 11.0. The summed E-state index contributed by atoms with van der Waals surface area (Å²) in [6.45, 7) is 10.1. The Bertz CT molecular complexity index is 239. The molecule has 0 heterocycles. The van der Waals surface area contributed by atoms with Crippen LogP contribution in [0.2, 0.25) is 0 Å². The third-order valence-corrected chi connectivity index (χ3v) is 2.39. The molecule has 0 N–H and O–H groups in total. The Morgan fingerprint density at radius 3 is 2.47 bits per heavy atom. The monoisotopic (exact) mass is 210 g/mol. The number of methoxy groups -OCH3 is 1. The zero-order valence-electron chi connectivity index (χ0n) is 10.2. The van der Waals surface area contributed by atoms with Crippen molar-refractivity contribution in [1.29, 1.82) is 0 Å². The number of carbonyl (C=O) groups excluding carboxylic acids is 1. The van der Waals surface area contributed by atoms with Crippen molar-refractivity contribution in [3.8, 4) is 0 Å². The lowest BCUT2D eigenvalue weighted by Gasteiger charge is -2.16. The molecule has 0 aromatic heterocycles. The Kier molecular flexibility index (Phi) is 6.76. The Hall–Kier alpha value is -1.05. The van der Waals surface area contributed by atoms with E-state index in [4.69, 9.17) is 0 Å². The number of hydrogen-bond acceptors (Lipinski definition) is 2. The van der Waals surface area contributed by atoms with Gasteiger partial charge in [0, 0.05) is 6.42 Å². The molecule has 0 bridgehead atoms. The van der Waals surface area contributed by atoms with Crippen LogP contribution >= 0.6 is 0 Å². The Morgan fingerprint density at radius 1 is 1.47 bits per heavy atom. The zero-order chi connectivity index (χ0) is 11.8. The highest BCUT2D eigenvalue weighted by atomic mass is 16.5. The van der Waals surface area contributed by atoms with Gasteiger partial charge in [-0.1, -0.05) is 38.2 Å². The van der Waals surface area contributed by atoms with Crippen LogP contribution in [0.15, 0.2) is 24.3 Å². The molecule has 0 aliphatic carbocycles. The summed E-state index contributed by atoms with van der Waals surface area (Å²) in [5, 5.41) is 0.